The molecule has 0 aliphatic carbocycles. The first-order chi connectivity index (χ1) is 8.60. The average Bonchev–Trinajstić information content (AvgIpc) is 2.74. The number of hydrogen-bond donors (Lipinski definition) is 0. The van der Waals surface area contributed by atoms with Crippen LogP contribution >= 0.6 is 15.9 Å². The van der Waals surface area contributed by atoms with Crippen LogP contribution in [0.1, 0.15) is 11.1 Å². The molecule has 0 spiro atoms. The highest BCUT2D eigenvalue weighted by Crippen LogP contribution is 2.24. The molecule has 2 aromatic rings. The lowest BCUT2D eigenvalue weighted by molar-refractivity contribution is 0.626. The van der Waals surface area contributed by atoms with Crippen molar-refractivity contribution in [1.29, 1.82) is 0 Å². The first-order valence-electron chi connectivity index (χ1n) is 5.63. The Morgan fingerprint density at radius 3 is 2.83 bits per heavy atom. The van der Waals surface area contributed by atoms with Gasteiger partial charge in [-0.2, -0.15) is 5.10 Å². The lowest BCUT2D eigenvalue weighted by Crippen LogP contribution is -2.17. The molecule has 3 nitrogen and oxygen atoms in total. The molecular formula is C13H15BrFN3. The van der Waals surface area contributed by atoms with Gasteiger partial charge < -0.3 is 4.90 Å². The van der Waals surface area contributed by atoms with Crippen molar-refractivity contribution in [3.63, 3.8) is 0 Å². The van der Waals surface area contributed by atoms with Gasteiger partial charge in [0.2, 0.25) is 0 Å². The maximum Gasteiger partial charge on any atom is 0.123 e. The van der Waals surface area contributed by atoms with E-state index in [9.17, 15) is 4.39 Å². The fraction of sp³-hybridized carbons (Fsp3) is 0.308. The van der Waals surface area contributed by atoms with E-state index in [1.54, 1.807) is 10.7 Å². The molecule has 0 amide bonds. The number of halogens is 2. The summed E-state index contributed by atoms with van der Waals surface area (Å²) in [6.07, 6.45) is 3.82. The van der Waals surface area contributed by atoms with E-state index >= 15 is 0 Å². The first-order valence-corrected chi connectivity index (χ1v) is 6.75. The maximum atomic E-state index is 13.2. The molecule has 0 aliphatic heterocycles. The number of aryl methyl sites for hydroxylation is 1. The van der Waals surface area contributed by atoms with E-state index in [0.717, 1.165) is 23.4 Å². The van der Waals surface area contributed by atoms with Gasteiger partial charge in [-0.25, -0.2) is 4.39 Å². The third-order valence-corrected chi connectivity index (χ3v) is 3.38. The quantitative estimate of drug-likeness (QED) is 0.809. The van der Waals surface area contributed by atoms with Gasteiger partial charge in [0.25, 0.3) is 0 Å². The normalized spacial score (nSPS) is 10.7. The highest BCUT2D eigenvalue weighted by molar-refractivity contribution is 9.08. The van der Waals surface area contributed by atoms with Crippen LogP contribution in [0, 0.1) is 5.82 Å². The van der Waals surface area contributed by atoms with E-state index in [4.69, 9.17) is 0 Å². The summed E-state index contributed by atoms with van der Waals surface area (Å²) in [5.74, 6) is -0.206. The molecule has 0 bridgehead atoms. The van der Waals surface area contributed by atoms with E-state index in [1.807, 2.05) is 32.6 Å². The predicted octanol–water partition coefficient (Wildman–Crippen LogP) is 3.09. The molecule has 0 atom stereocenters. The maximum absolute atomic E-state index is 13.2. The van der Waals surface area contributed by atoms with E-state index in [1.165, 1.54) is 6.07 Å². The minimum atomic E-state index is -0.206. The van der Waals surface area contributed by atoms with Gasteiger partial charge in [-0.3, -0.25) is 4.68 Å². The Hall–Kier alpha value is -1.36. The average molecular weight is 312 g/mol. The minimum Gasteiger partial charge on any atom is -0.370 e. The Morgan fingerprint density at radius 2 is 2.22 bits per heavy atom. The van der Waals surface area contributed by atoms with Gasteiger partial charge in [0.15, 0.2) is 0 Å². The monoisotopic (exact) mass is 311 g/mol. The molecule has 1 heterocycles. The largest absolute Gasteiger partial charge is 0.370 e. The summed E-state index contributed by atoms with van der Waals surface area (Å²) in [7, 11) is 3.89. The SMILES string of the molecule is CN(Cc1cnn(C)c1)c1ccc(F)cc1CBr. The Labute approximate surface area is 114 Å². The highest BCUT2D eigenvalue weighted by Gasteiger charge is 2.09. The van der Waals surface area contributed by atoms with Crippen molar-refractivity contribution < 1.29 is 4.39 Å². The molecule has 0 fully saturated rings. The number of benzene rings is 1. The summed E-state index contributed by atoms with van der Waals surface area (Å²) in [4.78, 5) is 2.09. The predicted molar refractivity (Wildman–Crippen MR) is 74.3 cm³/mol. The lowest BCUT2D eigenvalue weighted by atomic mass is 10.1. The molecule has 2 rings (SSSR count). The Morgan fingerprint density at radius 1 is 1.44 bits per heavy atom. The second kappa shape index (κ2) is 5.52. The smallest absolute Gasteiger partial charge is 0.123 e. The number of alkyl halides is 1. The summed E-state index contributed by atoms with van der Waals surface area (Å²) in [6, 6.07) is 4.85. The molecule has 0 unspecified atom stereocenters. The van der Waals surface area contributed by atoms with Crippen molar-refractivity contribution in [2.24, 2.45) is 7.05 Å². The standard InChI is InChI=1S/C13H15BrFN3/c1-17(8-10-7-16-18(2)9-10)13-4-3-12(15)5-11(13)6-14/h3-5,7,9H,6,8H2,1-2H3. The third-order valence-electron chi connectivity index (χ3n) is 2.77. The third kappa shape index (κ3) is 2.90. The van der Waals surface area contributed by atoms with E-state index in [-0.39, 0.29) is 5.82 Å². The van der Waals surface area contributed by atoms with Crippen LogP contribution in [0.2, 0.25) is 0 Å². The van der Waals surface area contributed by atoms with Crippen LogP contribution in [0.3, 0.4) is 0 Å². The zero-order valence-corrected chi connectivity index (χ0v) is 12.0. The van der Waals surface area contributed by atoms with Gasteiger partial charge >= 0.3 is 0 Å². The molecule has 1 aromatic carbocycles. The Bertz CT molecular complexity index is 539. The number of hydrogen-bond acceptors (Lipinski definition) is 2. The summed E-state index contributed by atoms with van der Waals surface area (Å²) < 4.78 is 15.0. The molecule has 0 saturated heterocycles. The van der Waals surface area contributed by atoms with Gasteiger partial charge in [-0.1, -0.05) is 15.9 Å². The van der Waals surface area contributed by atoms with Gasteiger partial charge in [0.05, 0.1) is 6.20 Å². The van der Waals surface area contributed by atoms with Crippen LogP contribution in [-0.4, -0.2) is 16.8 Å². The van der Waals surface area contributed by atoms with Crippen LogP contribution in [0.5, 0.6) is 0 Å². The fourth-order valence-corrected chi connectivity index (χ4v) is 2.40. The molecule has 0 saturated carbocycles. The number of aromatic nitrogens is 2. The van der Waals surface area contributed by atoms with Crippen molar-refractivity contribution in [2.75, 3.05) is 11.9 Å². The zero-order valence-electron chi connectivity index (χ0n) is 10.4. The number of anilines is 1. The van der Waals surface area contributed by atoms with Gasteiger partial charge in [-0.05, 0) is 23.8 Å². The first kappa shape index (κ1) is 13.1. The lowest BCUT2D eigenvalue weighted by Gasteiger charge is -2.21. The molecular weight excluding hydrogens is 297 g/mol. The summed E-state index contributed by atoms with van der Waals surface area (Å²) in [5, 5.41) is 4.78. The summed E-state index contributed by atoms with van der Waals surface area (Å²) in [6.45, 7) is 0.749. The second-order valence-electron chi connectivity index (χ2n) is 4.28. The van der Waals surface area contributed by atoms with Crippen LogP contribution in [0.25, 0.3) is 0 Å². The van der Waals surface area contributed by atoms with E-state index < -0.39 is 0 Å². The molecule has 18 heavy (non-hydrogen) atoms. The minimum absolute atomic E-state index is 0.206. The van der Waals surface area contributed by atoms with Crippen molar-refractivity contribution in [3.8, 4) is 0 Å². The zero-order chi connectivity index (χ0) is 13.1. The van der Waals surface area contributed by atoms with Crippen molar-refractivity contribution in [1.82, 2.24) is 9.78 Å². The van der Waals surface area contributed by atoms with Gasteiger partial charge in [-0.15, -0.1) is 0 Å². The molecule has 0 radical (unpaired) electrons. The molecule has 1 aromatic heterocycles. The molecule has 0 aliphatic rings. The van der Waals surface area contributed by atoms with Crippen LogP contribution in [0.4, 0.5) is 10.1 Å². The molecule has 0 N–H and O–H groups in total. The highest BCUT2D eigenvalue weighted by atomic mass is 79.9. The van der Waals surface area contributed by atoms with Crippen molar-refractivity contribution in [3.05, 3.63) is 47.5 Å². The van der Waals surface area contributed by atoms with Crippen molar-refractivity contribution in [2.45, 2.75) is 11.9 Å². The topological polar surface area (TPSA) is 21.1 Å². The van der Waals surface area contributed by atoms with Gasteiger partial charge in [0, 0.05) is 43.4 Å². The van der Waals surface area contributed by atoms with Crippen molar-refractivity contribution >= 4 is 21.6 Å². The van der Waals surface area contributed by atoms with Crippen LogP contribution in [0.15, 0.2) is 30.6 Å². The molecule has 5 heteroatoms. The van der Waals surface area contributed by atoms with E-state index in [0.29, 0.717) is 5.33 Å². The van der Waals surface area contributed by atoms with Gasteiger partial charge in [0.1, 0.15) is 5.82 Å². The number of rotatable bonds is 4. The van der Waals surface area contributed by atoms with Crippen LogP contribution in [-0.2, 0) is 18.9 Å². The Kier molecular flexibility index (Phi) is 4.01. The number of nitrogens with zero attached hydrogens (tertiary/aromatic N) is 3. The Balaban J connectivity index is 2.20. The van der Waals surface area contributed by atoms with E-state index in [2.05, 4.69) is 25.9 Å². The fourth-order valence-electron chi connectivity index (χ4n) is 1.95. The van der Waals surface area contributed by atoms with Crippen LogP contribution < -0.4 is 4.90 Å². The summed E-state index contributed by atoms with van der Waals surface area (Å²) in [5.41, 5.74) is 3.10. The summed E-state index contributed by atoms with van der Waals surface area (Å²) >= 11 is 3.39. The molecule has 96 valence electrons. The second-order valence-corrected chi connectivity index (χ2v) is 4.85.